The van der Waals surface area contributed by atoms with Crippen LogP contribution in [0.2, 0.25) is 0 Å². The second kappa shape index (κ2) is 5.66. The average Bonchev–Trinajstić information content (AvgIpc) is 2.79. The van der Waals surface area contributed by atoms with Crippen LogP contribution < -0.4 is 5.32 Å². The molecule has 102 valence electrons. The van der Waals surface area contributed by atoms with Crippen LogP contribution in [-0.4, -0.2) is 30.2 Å². The summed E-state index contributed by atoms with van der Waals surface area (Å²) in [7, 11) is 1.64. The fraction of sp³-hybridized carbons (Fsp3) is 0.417. The van der Waals surface area contributed by atoms with E-state index in [0.29, 0.717) is 18.7 Å². The number of nitrogens with zero attached hydrogens (tertiary/aromatic N) is 2. The number of non-ortho nitro benzene ring substituents is 1. The molecule has 1 unspecified atom stereocenters. The predicted molar refractivity (Wildman–Crippen MR) is 70.2 cm³/mol. The van der Waals surface area contributed by atoms with Gasteiger partial charge in [-0.15, -0.1) is 0 Å². The maximum atomic E-state index is 10.9. The highest BCUT2D eigenvalue weighted by atomic mass is 16.6. The number of rotatable bonds is 6. The lowest BCUT2D eigenvalue weighted by atomic mass is 10.2. The van der Waals surface area contributed by atoms with Gasteiger partial charge in [-0.2, -0.15) is 4.98 Å². The van der Waals surface area contributed by atoms with Crippen molar-refractivity contribution in [2.75, 3.05) is 25.6 Å². The third kappa shape index (κ3) is 3.00. The molecule has 0 aliphatic carbocycles. The third-order valence-corrected chi connectivity index (χ3v) is 2.65. The van der Waals surface area contributed by atoms with Crippen molar-refractivity contribution in [2.45, 2.75) is 6.92 Å². The van der Waals surface area contributed by atoms with E-state index < -0.39 is 4.92 Å². The molecule has 0 fully saturated rings. The van der Waals surface area contributed by atoms with Gasteiger partial charge in [0.1, 0.15) is 0 Å². The summed E-state index contributed by atoms with van der Waals surface area (Å²) in [6, 6.07) is 4.91. The van der Waals surface area contributed by atoms with Crippen LogP contribution in [0.3, 0.4) is 0 Å². The number of hydrogen-bond donors (Lipinski definition) is 1. The van der Waals surface area contributed by atoms with Crippen molar-refractivity contribution in [3.8, 4) is 0 Å². The fourth-order valence-electron chi connectivity index (χ4n) is 1.76. The molecule has 1 atom stereocenters. The molecule has 19 heavy (non-hydrogen) atoms. The Hall–Kier alpha value is -2.15. The van der Waals surface area contributed by atoms with E-state index in [0.717, 1.165) is 0 Å². The number of nitro benzene ring substituents is 1. The van der Waals surface area contributed by atoms with Crippen LogP contribution in [0.1, 0.15) is 6.92 Å². The lowest BCUT2D eigenvalue weighted by Crippen LogP contribution is -2.15. The summed E-state index contributed by atoms with van der Waals surface area (Å²) in [6.45, 7) is 3.25. The second-order valence-corrected chi connectivity index (χ2v) is 4.34. The quantitative estimate of drug-likeness (QED) is 0.637. The first kappa shape index (κ1) is 13.3. The Morgan fingerprint density at radius 2 is 2.37 bits per heavy atom. The topological polar surface area (TPSA) is 90.4 Å². The van der Waals surface area contributed by atoms with Gasteiger partial charge in [0, 0.05) is 19.7 Å². The van der Waals surface area contributed by atoms with Crippen LogP contribution in [0.4, 0.5) is 11.7 Å². The summed E-state index contributed by atoms with van der Waals surface area (Å²) >= 11 is 0. The second-order valence-electron chi connectivity index (χ2n) is 4.34. The maximum absolute atomic E-state index is 10.9. The van der Waals surface area contributed by atoms with Crippen molar-refractivity contribution < 1.29 is 14.1 Å². The Balaban J connectivity index is 2.17. The largest absolute Gasteiger partial charge is 0.423 e. The van der Waals surface area contributed by atoms with Gasteiger partial charge in [0.05, 0.1) is 11.5 Å². The van der Waals surface area contributed by atoms with Gasteiger partial charge >= 0.3 is 0 Å². The first-order valence-corrected chi connectivity index (χ1v) is 5.88. The number of para-hydroxylation sites is 1. The monoisotopic (exact) mass is 265 g/mol. The number of aromatic nitrogens is 1. The normalized spacial score (nSPS) is 12.5. The molecule has 2 aromatic rings. The van der Waals surface area contributed by atoms with Crippen LogP contribution in [0.25, 0.3) is 11.1 Å². The highest BCUT2D eigenvalue weighted by Gasteiger charge is 2.17. The Kier molecular flexibility index (Phi) is 3.96. The van der Waals surface area contributed by atoms with Gasteiger partial charge in [-0.1, -0.05) is 13.0 Å². The van der Waals surface area contributed by atoms with Crippen molar-refractivity contribution in [2.24, 2.45) is 5.92 Å². The Bertz CT molecular complexity index is 581. The molecule has 1 aromatic carbocycles. The minimum Gasteiger partial charge on any atom is -0.423 e. The van der Waals surface area contributed by atoms with Gasteiger partial charge in [0.25, 0.3) is 11.7 Å². The molecule has 1 heterocycles. The number of oxazole rings is 1. The van der Waals surface area contributed by atoms with Crippen molar-refractivity contribution in [1.29, 1.82) is 0 Å². The minimum atomic E-state index is -0.470. The van der Waals surface area contributed by atoms with Crippen LogP contribution in [0, 0.1) is 16.0 Å². The Morgan fingerprint density at radius 3 is 3.05 bits per heavy atom. The molecule has 1 N–H and O–H groups in total. The van der Waals surface area contributed by atoms with Gasteiger partial charge < -0.3 is 14.5 Å². The maximum Gasteiger partial charge on any atom is 0.298 e. The number of nitrogens with one attached hydrogen (secondary N) is 1. The number of ether oxygens (including phenoxy) is 1. The van der Waals surface area contributed by atoms with Crippen molar-refractivity contribution in [3.05, 3.63) is 28.3 Å². The van der Waals surface area contributed by atoms with Crippen LogP contribution in [0.15, 0.2) is 22.6 Å². The molecule has 2 rings (SSSR count). The lowest BCUT2D eigenvalue weighted by Gasteiger charge is -2.09. The SMILES string of the molecule is COCC(C)CNc1nc2c([N+](=O)[O-])cccc2o1. The van der Waals surface area contributed by atoms with E-state index in [-0.39, 0.29) is 23.1 Å². The lowest BCUT2D eigenvalue weighted by molar-refractivity contribution is -0.383. The molecule has 0 saturated heterocycles. The molecule has 7 heteroatoms. The van der Waals surface area contributed by atoms with E-state index in [4.69, 9.17) is 9.15 Å². The molecule has 0 aliphatic rings. The van der Waals surface area contributed by atoms with E-state index in [1.54, 1.807) is 19.2 Å². The molecule has 0 amide bonds. The van der Waals surface area contributed by atoms with Gasteiger partial charge in [0.2, 0.25) is 0 Å². The van der Waals surface area contributed by atoms with Crippen molar-refractivity contribution >= 4 is 22.8 Å². The van der Waals surface area contributed by atoms with Gasteiger partial charge in [-0.25, -0.2) is 0 Å². The summed E-state index contributed by atoms with van der Waals surface area (Å²) in [5.74, 6) is 0.287. The van der Waals surface area contributed by atoms with E-state index in [2.05, 4.69) is 10.3 Å². The molecule has 1 aromatic heterocycles. The zero-order chi connectivity index (χ0) is 13.8. The highest BCUT2D eigenvalue weighted by molar-refractivity contribution is 5.83. The standard InChI is InChI=1S/C12H15N3O4/c1-8(7-18-2)6-13-12-14-11-9(15(16)17)4-3-5-10(11)19-12/h3-5,8H,6-7H2,1-2H3,(H,13,14). The van der Waals surface area contributed by atoms with Gasteiger partial charge in [0.15, 0.2) is 11.1 Å². The summed E-state index contributed by atoms with van der Waals surface area (Å²) in [4.78, 5) is 14.5. The van der Waals surface area contributed by atoms with Crippen LogP contribution >= 0.6 is 0 Å². The molecule has 0 radical (unpaired) electrons. The summed E-state index contributed by atoms with van der Waals surface area (Å²) in [5.41, 5.74) is 0.602. The van der Waals surface area contributed by atoms with Gasteiger partial charge in [-0.05, 0) is 12.0 Å². The first-order chi connectivity index (χ1) is 9.11. The number of methoxy groups -OCH3 is 1. The molecule has 0 aliphatic heterocycles. The van der Waals surface area contributed by atoms with E-state index >= 15 is 0 Å². The molecule has 0 saturated carbocycles. The molecule has 0 spiro atoms. The Morgan fingerprint density at radius 1 is 1.58 bits per heavy atom. The van der Waals surface area contributed by atoms with Crippen LogP contribution in [0.5, 0.6) is 0 Å². The van der Waals surface area contributed by atoms with E-state index in [1.165, 1.54) is 6.07 Å². The number of benzene rings is 1. The molecular weight excluding hydrogens is 250 g/mol. The smallest absolute Gasteiger partial charge is 0.298 e. The molecular formula is C12H15N3O4. The minimum absolute atomic E-state index is 0.0563. The number of anilines is 1. The third-order valence-electron chi connectivity index (χ3n) is 2.65. The number of fused-ring (bicyclic) bond motifs is 1. The average molecular weight is 265 g/mol. The highest BCUT2D eigenvalue weighted by Crippen LogP contribution is 2.27. The number of hydrogen-bond acceptors (Lipinski definition) is 6. The molecule has 0 bridgehead atoms. The van der Waals surface area contributed by atoms with E-state index in [1.807, 2.05) is 6.92 Å². The first-order valence-electron chi connectivity index (χ1n) is 5.88. The van der Waals surface area contributed by atoms with E-state index in [9.17, 15) is 10.1 Å². The molecule has 7 nitrogen and oxygen atoms in total. The predicted octanol–water partition coefficient (Wildman–Crippen LogP) is 2.43. The van der Waals surface area contributed by atoms with Crippen LogP contribution in [-0.2, 0) is 4.74 Å². The number of nitro groups is 1. The Labute approximate surface area is 109 Å². The van der Waals surface area contributed by atoms with Gasteiger partial charge in [-0.3, -0.25) is 10.1 Å². The summed E-state index contributed by atoms with van der Waals surface area (Å²) in [6.07, 6.45) is 0. The summed E-state index contributed by atoms with van der Waals surface area (Å²) in [5, 5.41) is 13.9. The zero-order valence-corrected chi connectivity index (χ0v) is 10.8. The summed E-state index contributed by atoms with van der Waals surface area (Å²) < 4.78 is 10.4. The van der Waals surface area contributed by atoms with Crippen molar-refractivity contribution in [3.63, 3.8) is 0 Å². The fourth-order valence-corrected chi connectivity index (χ4v) is 1.76. The zero-order valence-electron chi connectivity index (χ0n) is 10.8. The van der Waals surface area contributed by atoms with Crippen molar-refractivity contribution in [1.82, 2.24) is 4.98 Å².